The quantitative estimate of drug-likeness (QED) is 0.626. The highest BCUT2D eigenvalue weighted by molar-refractivity contribution is 7.12. The molecule has 18 heavy (non-hydrogen) atoms. The van der Waals surface area contributed by atoms with Crippen LogP contribution in [-0.4, -0.2) is 17.9 Å². The number of ketones is 1. The first-order valence-corrected chi connectivity index (χ1v) is 6.40. The minimum atomic E-state index is -0.767. The fraction of sp³-hybridized carbons (Fsp3) is 0.143. The van der Waals surface area contributed by atoms with Crippen LogP contribution in [0.3, 0.4) is 0 Å². The molecule has 1 aromatic heterocycles. The molecule has 0 saturated carbocycles. The summed E-state index contributed by atoms with van der Waals surface area (Å²) in [7, 11) is 0. The number of Topliss-reactive ketones (excluding diaryl/α,β-unsaturated/α-hetero) is 1. The van der Waals surface area contributed by atoms with Gasteiger partial charge in [0.15, 0.2) is 6.10 Å². The van der Waals surface area contributed by atoms with Crippen molar-refractivity contribution in [1.82, 2.24) is 0 Å². The van der Waals surface area contributed by atoms with Crippen LogP contribution in [-0.2, 0) is 4.74 Å². The molecule has 0 spiro atoms. The van der Waals surface area contributed by atoms with Gasteiger partial charge in [0.1, 0.15) is 0 Å². The lowest BCUT2D eigenvalue weighted by Gasteiger charge is -2.11. The Balaban J connectivity index is 2.02. The van der Waals surface area contributed by atoms with E-state index in [0.29, 0.717) is 10.4 Å². The molecule has 0 fully saturated rings. The number of hydrogen-bond acceptors (Lipinski definition) is 4. The van der Waals surface area contributed by atoms with Gasteiger partial charge in [-0.25, -0.2) is 4.79 Å². The molecular weight excluding hydrogens is 248 g/mol. The van der Waals surface area contributed by atoms with Crippen LogP contribution >= 0.6 is 11.3 Å². The van der Waals surface area contributed by atoms with Gasteiger partial charge in [0.25, 0.3) is 0 Å². The predicted octanol–water partition coefficient (Wildman–Crippen LogP) is 3.18. The number of esters is 1. The van der Waals surface area contributed by atoms with Crippen molar-refractivity contribution in [3.8, 4) is 0 Å². The van der Waals surface area contributed by atoms with Crippen LogP contribution < -0.4 is 0 Å². The van der Waals surface area contributed by atoms with E-state index >= 15 is 0 Å². The molecule has 0 bridgehead atoms. The van der Waals surface area contributed by atoms with Crippen molar-refractivity contribution in [3.63, 3.8) is 0 Å². The first-order valence-electron chi connectivity index (χ1n) is 5.52. The van der Waals surface area contributed by atoms with E-state index < -0.39 is 12.1 Å². The largest absolute Gasteiger partial charge is 0.451 e. The molecule has 0 radical (unpaired) electrons. The van der Waals surface area contributed by atoms with E-state index in [1.54, 1.807) is 43.3 Å². The summed E-state index contributed by atoms with van der Waals surface area (Å²) in [5.74, 6) is -0.651. The summed E-state index contributed by atoms with van der Waals surface area (Å²) in [5, 5.41) is 1.82. The van der Waals surface area contributed by atoms with Gasteiger partial charge in [-0.3, -0.25) is 4.79 Å². The molecule has 1 aromatic carbocycles. The fourth-order valence-corrected chi connectivity index (χ4v) is 2.22. The molecule has 0 aliphatic carbocycles. The third-order valence-electron chi connectivity index (χ3n) is 2.43. The van der Waals surface area contributed by atoms with E-state index in [1.807, 2.05) is 11.4 Å². The van der Waals surface area contributed by atoms with Gasteiger partial charge in [0.2, 0.25) is 5.78 Å². The van der Waals surface area contributed by atoms with Crippen molar-refractivity contribution < 1.29 is 14.3 Å². The number of rotatable bonds is 4. The van der Waals surface area contributed by atoms with Crippen LogP contribution in [0.5, 0.6) is 0 Å². The fourth-order valence-electron chi connectivity index (χ4n) is 1.48. The second-order valence-corrected chi connectivity index (χ2v) is 4.70. The lowest BCUT2D eigenvalue weighted by molar-refractivity contribution is 0.0320. The van der Waals surface area contributed by atoms with Crippen molar-refractivity contribution in [1.29, 1.82) is 0 Å². The van der Waals surface area contributed by atoms with Gasteiger partial charge in [-0.15, -0.1) is 11.3 Å². The lowest BCUT2D eigenvalue weighted by Crippen LogP contribution is -2.23. The maximum Gasteiger partial charge on any atom is 0.338 e. The molecule has 1 unspecified atom stereocenters. The molecular formula is C14H12O3S. The summed E-state index contributed by atoms with van der Waals surface area (Å²) in [6.07, 6.45) is -0.767. The van der Waals surface area contributed by atoms with Crippen LogP contribution in [0.4, 0.5) is 0 Å². The van der Waals surface area contributed by atoms with Crippen LogP contribution in [0.2, 0.25) is 0 Å². The average molecular weight is 260 g/mol. The molecule has 2 rings (SSSR count). The summed E-state index contributed by atoms with van der Waals surface area (Å²) >= 11 is 1.34. The lowest BCUT2D eigenvalue weighted by atomic mass is 10.2. The summed E-state index contributed by atoms with van der Waals surface area (Å²) in [5.41, 5.74) is 0.448. The van der Waals surface area contributed by atoms with Crippen LogP contribution in [0, 0.1) is 0 Å². The smallest absolute Gasteiger partial charge is 0.338 e. The Kier molecular flexibility index (Phi) is 3.89. The molecule has 3 nitrogen and oxygen atoms in total. The molecule has 2 aromatic rings. The Morgan fingerprint density at radius 2 is 1.83 bits per heavy atom. The maximum absolute atomic E-state index is 11.9. The molecule has 0 saturated heterocycles. The van der Waals surface area contributed by atoms with Gasteiger partial charge < -0.3 is 4.74 Å². The standard InChI is InChI=1S/C14H12O3S/c1-10(13(15)12-8-5-9-18-12)17-14(16)11-6-3-2-4-7-11/h2-10H,1H3. The number of thiophene rings is 1. The van der Waals surface area contributed by atoms with Gasteiger partial charge in [0, 0.05) is 0 Å². The monoisotopic (exact) mass is 260 g/mol. The highest BCUT2D eigenvalue weighted by atomic mass is 32.1. The summed E-state index contributed by atoms with van der Waals surface area (Å²) in [6, 6.07) is 12.2. The Morgan fingerprint density at radius 3 is 2.44 bits per heavy atom. The Morgan fingerprint density at radius 1 is 1.11 bits per heavy atom. The van der Waals surface area contributed by atoms with E-state index in [4.69, 9.17) is 4.74 Å². The van der Waals surface area contributed by atoms with Crippen molar-refractivity contribution in [2.75, 3.05) is 0 Å². The minimum absolute atomic E-state index is 0.172. The molecule has 4 heteroatoms. The first-order chi connectivity index (χ1) is 8.68. The van der Waals surface area contributed by atoms with E-state index in [0.717, 1.165) is 0 Å². The van der Waals surface area contributed by atoms with Crippen LogP contribution in [0.1, 0.15) is 27.0 Å². The number of ether oxygens (including phenoxy) is 1. The number of carbonyl (C=O) groups is 2. The summed E-state index contributed by atoms with van der Waals surface area (Å²) < 4.78 is 5.14. The second-order valence-electron chi connectivity index (χ2n) is 3.76. The SMILES string of the molecule is CC(OC(=O)c1ccccc1)C(=O)c1cccs1. The van der Waals surface area contributed by atoms with E-state index in [9.17, 15) is 9.59 Å². The van der Waals surface area contributed by atoms with E-state index in [2.05, 4.69) is 0 Å². The zero-order valence-electron chi connectivity index (χ0n) is 9.83. The highest BCUT2D eigenvalue weighted by Gasteiger charge is 2.20. The third kappa shape index (κ3) is 2.84. The molecule has 0 N–H and O–H groups in total. The minimum Gasteiger partial charge on any atom is -0.451 e. The highest BCUT2D eigenvalue weighted by Crippen LogP contribution is 2.14. The molecule has 0 aliphatic heterocycles. The number of carbonyl (C=O) groups excluding carboxylic acids is 2. The third-order valence-corrected chi connectivity index (χ3v) is 3.31. The van der Waals surface area contributed by atoms with Crippen molar-refractivity contribution in [3.05, 3.63) is 58.3 Å². The normalized spacial score (nSPS) is 11.8. The van der Waals surface area contributed by atoms with Gasteiger partial charge in [-0.2, -0.15) is 0 Å². The van der Waals surface area contributed by atoms with E-state index in [1.165, 1.54) is 11.3 Å². The Labute approximate surface area is 109 Å². The maximum atomic E-state index is 11.9. The first kappa shape index (κ1) is 12.5. The van der Waals surface area contributed by atoms with Crippen molar-refractivity contribution in [2.24, 2.45) is 0 Å². The molecule has 0 aliphatic rings. The van der Waals surface area contributed by atoms with Gasteiger partial charge in [-0.1, -0.05) is 24.3 Å². The zero-order valence-corrected chi connectivity index (χ0v) is 10.6. The van der Waals surface area contributed by atoms with Crippen LogP contribution in [0.25, 0.3) is 0 Å². The van der Waals surface area contributed by atoms with Gasteiger partial charge in [0.05, 0.1) is 10.4 Å². The predicted molar refractivity (Wildman–Crippen MR) is 70.0 cm³/mol. The topological polar surface area (TPSA) is 43.4 Å². The van der Waals surface area contributed by atoms with E-state index in [-0.39, 0.29) is 5.78 Å². The number of hydrogen-bond donors (Lipinski definition) is 0. The van der Waals surface area contributed by atoms with Crippen molar-refractivity contribution in [2.45, 2.75) is 13.0 Å². The molecule has 1 atom stereocenters. The Hall–Kier alpha value is -1.94. The van der Waals surface area contributed by atoms with Crippen molar-refractivity contribution >= 4 is 23.1 Å². The zero-order chi connectivity index (χ0) is 13.0. The Bertz CT molecular complexity index is 531. The molecule has 92 valence electrons. The molecule has 0 amide bonds. The van der Waals surface area contributed by atoms with Gasteiger partial charge >= 0.3 is 5.97 Å². The van der Waals surface area contributed by atoms with Crippen LogP contribution in [0.15, 0.2) is 47.8 Å². The summed E-state index contributed by atoms with van der Waals surface area (Å²) in [4.78, 5) is 24.3. The summed E-state index contributed by atoms with van der Waals surface area (Å²) in [6.45, 7) is 1.59. The average Bonchev–Trinajstić information content (AvgIpc) is 2.92. The molecule has 1 heterocycles. The van der Waals surface area contributed by atoms with Gasteiger partial charge in [-0.05, 0) is 30.5 Å². The number of benzene rings is 1. The second kappa shape index (κ2) is 5.60.